The van der Waals surface area contributed by atoms with Crippen molar-refractivity contribution in [3.8, 4) is 0 Å². The van der Waals surface area contributed by atoms with Gasteiger partial charge >= 0.3 is 0 Å². The van der Waals surface area contributed by atoms with Gasteiger partial charge < -0.3 is 9.88 Å². The largest absolute Gasteiger partial charge is 0.348 e. The van der Waals surface area contributed by atoms with Crippen LogP contribution in [0.2, 0.25) is 0 Å². The molecule has 0 spiro atoms. The standard InChI is InChI=1S/C11H18N2O/c1-4-12-5-6-13-9(2)7-11(14)8-10(13)3/h7-8,12H,4-6H2,1-3H3. The predicted molar refractivity (Wildman–Crippen MR) is 58.7 cm³/mol. The summed E-state index contributed by atoms with van der Waals surface area (Å²) < 4.78 is 2.16. The number of hydrogen-bond donors (Lipinski definition) is 1. The average Bonchev–Trinajstić information content (AvgIpc) is 2.09. The minimum absolute atomic E-state index is 0.0969. The van der Waals surface area contributed by atoms with Gasteiger partial charge in [0.05, 0.1) is 0 Å². The Balaban J connectivity index is 2.80. The van der Waals surface area contributed by atoms with E-state index in [2.05, 4.69) is 16.8 Å². The SMILES string of the molecule is CCNCCn1c(C)cc(=O)cc1C. The molecule has 1 rings (SSSR count). The molecule has 78 valence electrons. The molecule has 3 heteroatoms. The molecule has 0 saturated carbocycles. The van der Waals surface area contributed by atoms with Crippen molar-refractivity contribution in [2.24, 2.45) is 0 Å². The van der Waals surface area contributed by atoms with Gasteiger partial charge in [0.15, 0.2) is 5.43 Å². The number of nitrogens with one attached hydrogen (secondary N) is 1. The van der Waals surface area contributed by atoms with E-state index in [1.54, 1.807) is 12.1 Å². The summed E-state index contributed by atoms with van der Waals surface area (Å²) in [6.07, 6.45) is 0. The summed E-state index contributed by atoms with van der Waals surface area (Å²) in [5, 5.41) is 3.27. The van der Waals surface area contributed by atoms with Crippen molar-refractivity contribution in [1.29, 1.82) is 0 Å². The van der Waals surface area contributed by atoms with Gasteiger partial charge in [-0.15, -0.1) is 0 Å². The normalized spacial score (nSPS) is 10.5. The van der Waals surface area contributed by atoms with Crippen molar-refractivity contribution in [1.82, 2.24) is 9.88 Å². The van der Waals surface area contributed by atoms with Gasteiger partial charge in [-0.2, -0.15) is 0 Å². The van der Waals surface area contributed by atoms with Gasteiger partial charge in [-0.25, -0.2) is 0 Å². The lowest BCUT2D eigenvalue weighted by Crippen LogP contribution is -2.22. The average molecular weight is 194 g/mol. The van der Waals surface area contributed by atoms with E-state index in [1.165, 1.54) is 0 Å². The molecule has 3 nitrogen and oxygen atoms in total. The van der Waals surface area contributed by atoms with Crippen molar-refractivity contribution >= 4 is 0 Å². The molecule has 0 aliphatic carbocycles. The fourth-order valence-corrected chi connectivity index (χ4v) is 1.61. The first-order chi connectivity index (χ1) is 6.65. The molecule has 1 aromatic heterocycles. The van der Waals surface area contributed by atoms with Crippen LogP contribution < -0.4 is 10.7 Å². The summed E-state index contributed by atoms with van der Waals surface area (Å²) in [7, 11) is 0. The fourth-order valence-electron chi connectivity index (χ4n) is 1.61. The van der Waals surface area contributed by atoms with Crippen LogP contribution in [0, 0.1) is 13.8 Å². The van der Waals surface area contributed by atoms with Crippen molar-refractivity contribution in [2.45, 2.75) is 27.3 Å². The molecule has 0 amide bonds. The Kier molecular flexibility index (Phi) is 3.89. The lowest BCUT2D eigenvalue weighted by molar-refractivity contribution is 0.588. The number of rotatable bonds is 4. The summed E-state index contributed by atoms with van der Waals surface area (Å²) >= 11 is 0. The lowest BCUT2D eigenvalue weighted by atomic mass is 10.3. The molecule has 0 radical (unpaired) electrons. The Bertz CT molecular complexity index is 329. The minimum atomic E-state index is 0.0969. The van der Waals surface area contributed by atoms with E-state index in [0.717, 1.165) is 31.0 Å². The van der Waals surface area contributed by atoms with Gasteiger partial charge in [-0.05, 0) is 20.4 Å². The highest BCUT2D eigenvalue weighted by Gasteiger charge is 1.99. The Morgan fingerprint density at radius 3 is 2.36 bits per heavy atom. The number of pyridine rings is 1. The summed E-state index contributed by atoms with van der Waals surface area (Å²) in [5.74, 6) is 0. The van der Waals surface area contributed by atoms with Crippen molar-refractivity contribution in [3.63, 3.8) is 0 Å². The van der Waals surface area contributed by atoms with Crippen LogP contribution >= 0.6 is 0 Å². The highest BCUT2D eigenvalue weighted by atomic mass is 16.1. The Morgan fingerprint density at radius 2 is 1.86 bits per heavy atom. The molecule has 0 aliphatic heterocycles. The Hall–Kier alpha value is -1.09. The van der Waals surface area contributed by atoms with Crippen molar-refractivity contribution < 1.29 is 0 Å². The van der Waals surface area contributed by atoms with Gasteiger partial charge in [-0.3, -0.25) is 4.79 Å². The third kappa shape index (κ3) is 2.70. The molecule has 0 bridgehead atoms. The molecule has 0 aliphatic rings. The minimum Gasteiger partial charge on any atom is -0.348 e. The van der Waals surface area contributed by atoms with Crippen LogP contribution in [0.3, 0.4) is 0 Å². The Labute approximate surface area is 84.8 Å². The number of nitrogens with zero attached hydrogens (tertiary/aromatic N) is 1. The summed E-state index contributed by atoms with van der Waals surface area (Å²) in [4.78, 5) is 11.2. The summed E-state index contributed by atoms with van der Waals surface area (Å²) in [5.41, 5.74) is 2.17. The van der Waals surface area contributed by atoms with Gasteiger partial charge in [0, 0.05) is 36.6 Å². The second kappa shape index (κ2) is 4.96. The quantitative estimate of drug-likeness (QED) is 0.728. The zero-order chi connectivity index (χ0) is 10.6. The summed E-state index contributed by atoms with van der Waals surface area (Å²) in [6.45, 7) is 8.89. The zero-order valence-electron chi connectivity index (χ0n) is 9.13. The number of likely N-dealkylation sites (N-methyl/N-ethyl adjacent to an activating group) is 1. The predicted octanol–water partition coefficient (Wildman–Crippen LogP) is 1.07. The molecule has 0 aromatic carbocycles. The van der Waals surface area contributed by atoms with E-state index in [4.69, 9.17) is 0 Å². The van der Waals surface area contributed by atoms with E-state index in [1.807, 2.05) is 13.8 Å². The molecule has 0 fully saturated rings. The van der Waals surface area contributed by atoms with Gasteiger partial charge in [0.1, 0.15) is 0 Å². The number of aryl methyl sites for hydroxylation is 2. The highest BCUT2D eigenvalue weighted by Crippen LogP contribution is 2.00. The van der Waals surface area contributed by atoms with Gasteiger partial charge in [0.25, 0.3) is 0 Å². The number of aromatic nitrogens is 1. The van der Waals surface area contributed by atoms with E-state index in [9.17, 15) is 4.79 Å². The van der Waals surface area contributed by atoms with Crippen LogP contribution in [0.1, 0.15) is 18.3 Å². The van der Waals surface area contributed by atoms with Gasteiger partial charge in [-0.1, -0.05) is 6.92 Å². The van der Waals surface area contributed by atoms with Crippen LogP contribution in [0.25, 0.3) is 0 Å². The van der Waals surface area contributed by atoms with E-state index in [0.29, 0.717) is 0 Å². The fraction of sp³-hybridized carbons (Fsp3) is 0.545. The van der Waals surface area contributed by atoms with Crippen LogP contribution in [-0.4, -0.2) is 17.7 Å². The molecular formula is C11H18N2O. The van der Waals surface area contributed by atoms with Crippen LogP contribution in [0.15, 0.2) is 16.9 Å². The first kappa shape index (κ1) is 11.0. The van der Waals surface area contributed by atoms with Crippen LogP contribution in [0.5, 0.6) is 0 Å². The maximum absolute atomic E-state index is 11.2. The molecule has 0 unspecified atom stereocenters. The molecule has 0 saturated heterocycles. The van der Waals surface area contributed by atoms with Crippen molar-refractivity contribution in [2.75, 3.05) is 13.1 Å². The number of hydrogen-bond acceptors (Lipinski definition) is 2. The lowest BCUT2D eigenvalue weighted by Gasteiger charge is -2.13. The highest BCUT2D eigenvalue weighted by molar-refractivity contribution is 5.12. The molecule has 1 heterocycles. The van der Waals surface area contributed by atoms with Crippen LogP contribution in [0.4, 0.5) is 0 Å². The van der Waals surface area contributed by atoms with E-state index < -0.39 is 0 Å². The zero-order valence-corrected chi connectivity index (χ0v) is 9.13. The molecule has 14 heavy (non-hydrogen) atoms. The molecule has 0 atom stereocenters. The Morgan fingerprint density at radius 1 is 1.29 bits per heavy atom. The first-order valence-corrected chi connectivity index (χ1v) is 5.04. The molecule has 1 aromatic rings. The maximum atomic E-state index is 11.2. The van der Waals surface area contributed by atoms with E-state index >= 15 is 0 Å². The van der Waals surface area contributed by atoms with E-state index in [-0.39, 0.29) is 5.43 Å². The first-order valence-electron chi connectivity index (χ1n) is 5.04. The smallest absolute Gasteiger partial charge is 0.182 e. The van der Waals surface area contributed by atoms with Crippen molar-refractivity contribution in [3.05, 3.63) is 33.7 Å². The topological polar surface area (TPSA) is 34.0 Å². The molecule has 1 N–H and O–H groups in total. The maximum Gasteiger partial charge on any atom is 0.182 e. The third-order valence-electron chi connectivity index (χ3n) is 2.32. The second-order valence-corrected chi connectivity index (χ2v) is 3.48. The third-order valence-corrected chi connectivity index (χ3v) is 2.32. The second-order valence-electron chi connectivity index (χ2n) is 3.48. The van der Waals surface area contributed by atoms with Crippen LogP contribution in [-0.2, 0) is 6.54 Å². The summed E-state index contributed by atoms with van der Waals surface area (Å²) in [6, 6.07) is 3.36. The molecular weight excluding hydrogens is 176 g/mol. The monoisotopic (exact) mass is 194 g/mol. The van der Waals surface area contributed by atoms with Gasteiger partial charge in [0.2, 0.25) is 0 Å².